The molecule has 7 nitrogen and oxygen atoms in total. The van der Waals surface area contributed by atoms with Crippen molar-refractivity contribution in [2.24, 2.45) is 0 Å². The number of rotatable bonds is 0. The predicted molar refractivity (Wildman–Crippen MR) is 96.3 cm³/mol. The lowest BCUT2D eigenvalue weighted by Gasteiger charge is -1.97. The van der Waals surface area contributed by atoms with Crippen molar-refractivity contribution >= 4 is 54.6 Å². The van der Waals surface area contributed by atoms with Gasteiger partial charge in [-0.25, -0.2) is 9.97 Å². The van der Waals surface area contributed by atoms with E-state index in [2.05, 4.69) is 24.9 Å². The molecule has 0 amide bonds. The molecule has 7 heteroatoms. The molecule has 5 heterocycles. The third-order valence-electron chi connectivity index (χ3n) is 4.76. The second-order valence-corrected chi connectivity index (χ2v) is 6.06. The monoisotopic (exact) mass is 327 g/mol. The largest absolute Gasteiger partial charge is 0.359 e. The summed E-state index contributed by atoms with van der Waals surface area (Å²) < 4.78 is 0. The third kappa shape index (κ3) is 1.37. The molecule has 0 saturated heterocycles. The normalized spacial score (nSPS) is 12.3. The number of aromatic nitrogens is 5. The Bertz CT molecular complexity index is 1470. The van der Waals surface area contributed by atoms with Crippen LogP contribution in [0.15, 0.2) is 46.2 Å². The molecule has 3 N–H and O–H groups in total. The van der Waals surface area contributed by atoms with Crippen LogP contribution in [0.5, 0.6) is 0 Å². The first kappa shape index (κ1) is 12.7. The molecule has 6 rings (SSSR count). The Labute approximate surface area is 137 Å². The van der Waals surface area contributed by atoms with Crippen LogP contribution in [0, 0.1) is 0 Å². The van der Waals surface area contributed by atoms with E-state index in [9.17, 15) is 9.59 Å². The summed E-state index contributed by atoms with van der Waals surface area (Å²) in [6, 6.07) is 7.43. The maximum atomic E-state index is 12.5. The molecule has 0 aliphatic rings. The average Bonchev–Trinajstić information content (AvgIpc) is 3.26. The molecule has 0 aliphatic carbocycles. The summed E-state index contributed by atoms with van der Waals surface area (Å²) in [6.07, 6.45) is 3.55. The van der Waals surface area contributed by atoms with Gasteiger partial charge in [-0.3, -0.25) is 14.6 Å². The summed E-state index contributed by atoms with van der Waals surface area (Å²) in [6.45, 7) is 0. The second kappa shape index (κ2) is 4.02. The highest BCUT2D eigenvalue weighted by Gasteiger charge is 2.23. The summed E-state index contributed by atoms with van der Waals surface area (Å²) in [7, 11) is 0. The Morgan fingerprint density at radius 1 is 0.680 bits per heavy atom. The van der Waals surface area contributed by atoms with Gasteiger partial charge in [-0.15, -0.1) is 0 Å². The van der Waals surface area contributed by atoms with E-state index in [1.165, 1.54) is 0 Å². The fraction of sp³-hybridized carbons (Fsp3) is 0. The van der Waals surface area contributed by atoms with Crippen LogP contribution >= 0.6 is 0 Å². The molecule has 0 radical (unpaired) electrons. The van der Waals surface area contributed by atoms with Crippen molar-refractivity contribution in [3.05, 3.63) is 57.4 Å². The zero-order valence-electron chi connectivity index (χ0n) is 12.7. The highest BCUT2D eigenvalue weighted by Crippen LogP contribution is 2.38. The van der Waals surface area contributed by atoms with E-state index < -0.39 is 11.1 Å². The van der Waals surface area contributed by atoms with Gasteiger partial charge in [-0.2, -0.15) is 0 Å². The second-order valence-electron chi connectivity index (χ2n) is 6.06. The zero-order valence-corrected chi connectivity index (χ0v) is 12.7. The fourth-order valence-electron chi connectivity index (χ4n) is 3.79. The van der Waals surface area contributed by atoms with Crippen LogP contribution in [-0.2, 0) is 0 Å². The van der Waals surface area contributed by atoms with E-state index in [0.29, 0.717) is 32.6 Å². The van der Waals surface area contributed by atoms with E-state index in [1.54, 1.807) is 12.4 Å². The van der Waals surface area contributed by atoms with Gasteiger partial charge in [-0.1, -0.05) is 0 Å². The number of nitrogens with zero attached hydrogens (tertiary/aromatic N) is 2. The quantitative estimate of drug-likeness (QED) is 0.398. The van der Waals surface area contributed by atoms with E-state index in [-0.39, 0.29) is 0 Å². The van der Waals surface area contributed by atoms with Gasteiger partial charge in [0.25, 0.3) is 11.1 Å². The molecule has 118 valence electrons. The predicted octanol–water partition coefficient (Wildman–Crippen LogP) is 2.39. The Balaban J connectivity index is 2.14. The van der Waals surface area contributed by atoms with E-state index in [0.717, 1.165) is 22.1 Å². The molecular weight excluding hydrogens is 318 g/mol. The Morgan fingerprint density at radius 3 is 1.64 bits per heavy atom. The first-order valence-corrected chi connectivity index (χ1v) is 7.79. The number of pyridine rings is 2. The Hall–Kier alpha value is -3.74. The van der Waals surface area contributed by atoms with E-state index in [1.807, 2.05) is 24.3 Å². The molecule has 0 spiro atoms. The van der Waals surface area contributed by atoms with Crippen molar-refractivity contribution in [2.45, 2.75) is 0 Å². The van der Waals surface area contributed by atoms with Crippen LogP contribution < -0.4 is 11.1 Å². The Morgan fingerprint density at radius 2 is 1.16 bits per heavy atom. The highest BCUT2D eigenvalue weighted by atomic mass is 16.2. The topological polar surface area (TPSA) is 107 Å². The van der Waals surface area contributed by atoms with Gasteiger partial charge in [0.2, 0.25) is 0 Å². The van der Waals surface area contributed by atoms with E-state index >= 15 is 0 Å². The van der Waals surface area contributed by atoms with Crippen LogP contribution in [0.4, 0.5) is 0 Å². The van der Waals surface area contributed by atoms with Crippen LogP contribution in [0.25, 0.3) is 54.6 Å². The maximum Gasteiger partial charge on any atom is 0.259 e. The van der Waals surface area contributed by atoms with Crippen molar-refractivity contribution in [1.29, 1.82) is 0 Å². The maximum absolute atomic E-state index is 12.5. The van der Waals surface area contributed by atoms with Gasteiger partial charge in [0.15, 0.2) is 0 Å². The summed E-state index contributed by atoms with van der Waals surface area (Å²) in [5, 5.41) is 2.02. The molecule has 0 atom stereocenters. The Kier molecular flexibility index (Phi) is 2.03. The zero-order chi connectivity index (χ0) is 16.7. The van der Waals surface area contributed by atoms with Gasteiger partial charge < -0.3 is 9.97 Å². The minimum Gasteiger partial charge on any atom is -0.359 e. The van der Waals surface area contributed by atoms with E-state index in [4.69, 9.17) is 0 Å². The number of hydrogen-bond acceptors (Lipinski definition) is 4. The third-order valence-corrected chi connectivity index (χ3v) is 4.76. The average molecular weight is 327 g/mol. The summed E-state index contributed by atoms with van der Waals surface area (Å²) in [4.78, 5) is 43.1. The number of aromatic amines is 3. The fourth-order valence-corrected chi connectivity index (χ4v) is 3.79. The van der Waals surface area contributed by atoms with Crippen molar-refractivity contribution < 1.29 is 0 Å². The molecule has 6 aromatic rings. The molecule has 0 unspecified atom stereocenters. The van der Waals surface area contributed by atoms with Gasteiger partial charge in [-0.05, 0) is 24.3 Å². The number of H-pyrrole nitrogens is 3. The van der Waals surface area contributed by atoms with Crippen molar-refractivity contribution in [3.8, 4) is 0 Å². The molecule has 1 aromatic carbocycles. The number of benzene rings is 1. The molecular formula is C18H9N5O2. The minimum absolute atomic E-state index is 0.365. The molecule has 25 heavy (non-hydrogen) atoms. The van der Waals surface area contributed by atoms with Gasteiger partial charge in [0.05, 0.1) is 32.8 Å². The summed E-state index contributed by atoms with van der Waals surface area (Å²) in [5.41, 5.74) is 3.38. The van der Waals surface area contributed by atoms with Gasteiger partial charge >= 0.3 is 0 Å². The van der Waals surface area contributed by atoms with Crippen LogP contribution in [0.2, 0.25) is 0 Å². The van der Waals surface area contributed by atoms with Crippen LogP contribution in [-0.4, -0.2) is 24.9 Å². The van der Waals surface area contributed by atoms with Crippen LogP contribution in [0.3, 0.4) is 0 Å². The standard InChI is InChI=1S/C18H9N5O2/c24-17-9-10(18(25)23-17)12-14-8(4-2-6-20-14)22-16(12)15-11(9)13-7(21-15)3-1-5-19-13/h1-6,19-20H,(H,23,24,25). The number of hydrogen-bond donors (Lipinski definition) is 3. The summed E-state index contributed by atoms with van der Waals surface area (Å²) in [5.74, 6) is 0. The lowest BCUT2D eigenvalue weighted by molar-refractivity contribution is 1.26. The molecule has 0 saturated carbocycles. The molecule has 0 bridgehead atoms. The lowest BCUT2D eigenvalue weighted by Crippen LogP contribution is -2.05. The van der Waals surface area contributed by atoms with Crippen molar-refractivity contribution in [3.63, 3.8) is 0 Å². The van der Waals surface area contributed by atoms with Gasteiger partial charge in [0, 0.05) is 23.2 Å². The lowest BCUT2D eigenvalue weighted by atomic mass is 10.0. The van der Waals surface area contributed by atoms with Crippen molar-refractivity contribution in [2.75, 3.05) is 0 Å². The molecule has 0 fully saturated rings. The summed E-state index contributed by atoms with van der Waals surface area (Å²) >= 11 is 0. The van der Waals surface area contributed by atoms with Gasteiger partial charge in [0.1, 0.15) is 11.0 Å². The highest BCUT2D eigenvalue weighted by molar-refractivity contribution is 6.34. The molecule has 5 aromatic heterocycles. The van der Waals surface area contributed by atoms with Crippen LogP contribution in [0.1, 0.15) is 0 Å². The number of nitrogens with one attached hydrogen (secondary N) is 3. The first-order chi connectivity index (χ1) is 12.2. The minimum atomic E-state index is -0.399. The first-order valence-electron chi connectivity index (χ1n) is 7.79. The number of fused-ring (bicyclic) bond motifs is 10. The van der Waals surface area contributed by atoms with Crippen molar-refractivity contribution in [1.82, 2.24) is 24.9 Å². The smallest absolute Gasteiger partial charge is 0.259 e. The SMILES string of the molecule is O=c1[nH]c(=O)c2c1c1c(nc3ccc[nH]c31)c1nc3ccc[nH]c3c12. The molecule has 0 aliphatic heterocycles.